The van der Waals surface area contributed by atoms with Crippen molar-refractivity contribution in [2.75, 3.05) is 0 Å². The second-order valence-corrected chi connectivity index (χ2v) is 4.71. The Bertz CT molecular complexity index is 306. The quantitative estimate of drug-likeness (QED) is 0.767. The Labute approximate surface area is 85.5 Å². The van der Waals surface area contributed by atoms with Crippen molar-refractivity contribution < 1.29 is 0 Å². The van der Waals surface area contributed by atoms with E-state index in [1.54, 1.807) is 0 Å². The summed E-state index contributed by atoms with van der Waals surface area (Å²) in [6.45, 7) is 1.05. The number of hydrogen-bond donors (Lipinski definition) is 1. The SMILES string of the molecule is c1ccc(CN[C@@H]2CC[C@@H]3C[C@@H]32)cc1. The molecular formula is C13H17N. The predicted octanol–water partition coefficient (Wildman–Crippen LogP) is 2.57. The Kier molecular flexibility index (Phi) is 2.06. The molecule has 0 aliphatic heterocycles. The van der Waals surface area contributed by atoms with Gasteiger partial charge >= 0.3 is 0 Å². The van der Waals surface area contributed by atoms with E-state index >= 15 is 0 Å². The normalized spacial score (nSPS) is 34.1. The first-order valence-electron chi connectivity index (χ1n) is 5.71. The molecule has 2 aliphatic rings. The van der Waals surface area contributed by atoms with Crippen LogP contribution in [0, 0.1) is 11.8 Å². The minimum absolute atomic E-state index is 0.820. The third kappa shape index (κ3) is 1.57. The van der Waals surface area contributed by atoms with Crippen LogP contribution in [0.25, 0.3) is 0 Å². The summed E-state index contributed by atoms with van der Waals surface area (Å²) >= 11 is 0. The largest absolute Gasteiger partial charge is 0.310 e. The summed E-state index contributed by atoms with van der Waals surface area (Å²) in [5, 5.41) is 3.69. The van der Waals surface area contributed by atoms with Crippen LogP contribution >= 0.6 is 0 Å². The second kappa shape index (κ2) is 3.39. The molecule has 3 atom stereocenters. The van der Waals surface area contributed by atoms with Crippen molar-refractivity contribution in [1.29, 1.82) is 0 Å². The van der Waals surface area contributed by atoms with Crippen molar-refractivity contribution in [2.24, 2.45) is 11.8 Å². The smallest absolute Gasteiger partial charge is 0.0208 e. The van der Waals surface area contributed by atoms with Crippen LogP contribution in [0.4, 0.5) is 0 Å². The van der Waals surface area contributed by atoms with Gasteiger partial charge in [-0.15, -0.1) is 0 Å². The van der Waals surface area contributed by atoms with E-state index < -0.39 is 0 Å². The lowest BCUT2D eigenvalue weighted by atomic mass is 10.1. The fourth-order valence-corrected chi connectivity index (χ4v) is 2.80. The molecule has 1 aromatic rings. The summed E-state index contributed by atoms with van der Waals surface area (Å²) in [5.74, 6) is 2.11. The van der Waals surface area contributed by atoms with Gasteiger partial charge in [0.25, 0.3) is 0 Å². The lowest BCUT2D eigenvalue weighted by molar-refractivity contribution is 0.474. The predicted molar refractivity (Wildman–Crippen MR) is 57.9 cm³/mol. The van der Waals surface area contributed by atoms with Crippen LogP contribution in [0.3, 0.4) is 0 Å². The van der Waals surface area contributed by atoms with Crippen LogP contribution in [0.1, 0.15) is 24.8 Å². The maximum Gasteiger partial charge on any atom is 0.0208 e. The molecule has 3 rings (SSSR count). The molecule has 1 N–H and O–H groups in total. The Hall–Kier alpha value is -0.820. The van der Waals surface area contributed by atoms with Crippen molar-refractivity contribution in [3.63, 3.8) is 0 Å². The molecule has 2 fully saturated rings. The zero-order valence-corrected chi connectivity index (χ0v) is 8.45. The third-order valence-electron chi connectivity index (χ3n) is 3.75. The first-order valence-corrected chi connectivity index (χ1v) is 5.71. The van der Waals surface area contributed by atoms with E-state index in [0.717, 1.165) is 24.4 Å². The van der Waals surface area contributed by atoms with Gasteiger partial charge in [-0.25, -0.2) is 0 Å². The van der Waals surface area contributed by atoms with E-state index in [9.17, 15) is 0 Å². The summed E-state index contributed by atoms with van der Waals surface area (Å²) in [5.41, 5.74) is 1.41. The summed E-state index contributed by atoms with van der Waals surface area (Å²) in [6.07, 6.45) is 4.37. The van der Waals surface area contributed by atoms with Gasteiger partial charge < -0.3 is 5.32 Å². The van der Waals surface area contributed by atoms with Crippen molar-refractivity contribution in [3.05, 3.63) is 35.9 Å². The number of hydrogen-bond acceptors (Lipinski definition) is 1. The maximum absolute atomic E-state index is 3.69. The Balaban J connectivity index is 1.54. The standard InChI is InChI=1S/C13H17N/c1-2-4-10(5-3-1)9-14-13-7-6-11-8-12(11)13/h1-5,11-14H,6-9H2/t11-,12+,13-/m1/s1. The first kappa shape index (κ1) is 8.49. The number of benzene rings is 1. The summed E-state index contributed by atoms with van der Waals surface area (Å²) in [4.78, 5) is 0. The molecule has 0 heterocycles. The summed E-state index contributed by atoms with van der Waals surface area (Å²) in [6, 6.07) is 11.5. The second-order valence-electron chi connectivity index (χ2n) is 4.71. The van der Waals surface area contributed by atoms with E-state index in [1.807, 2.05) is 0 Å². The molecule has 2 aliphatic carbocycles. The van der Waals surface area contributed by atoms with Crippen LogP contribution in [0.2, 0.25) is 0 Å². The van der Waals surface area contributed by atoms with E-state index in [0.29, 0.717) is 0 Å². The molecule has 0 saturated heterocycles. The van der Waals surface area contributed by atoms with Gasteiger partial charge in [-0.05, 0) is 36.7 Å². The zero-order valence-electron chi connectivity index (χ0n) is 8.45. The molecule has 0 amide bonds. The minimum atomic E-state index is 0.820. The van der Waals surface area contributed by atoms with Gasteiger partial charge in [0.2, 0.25) is 0 Å². The van der Waals surface area contributed by atoms with Gasteiger partial charge in [0.05, 0.1) is 0 Å². The van der Waals surface area contributed by atoms with Gasteiger partial charge in [-0.2, -0.15) is 0 Å². The Morgan fingerprint density at radius 3 is 2.64 bits per heavy atom. The topological polar surface area (TPSA) is 12.0 Å². The molecule has 0 bridgehead atoms. The van der Waals surface area contributed by atoms with Crippen LogP contribution in [0.15, 0.2) is 30.3 Å². The van der Waals surface area contributed by atoms with Crippen LogP contribution in [-0.4, -0.2) is 6.04 Å². The number of rotatable bonds is 3. The van der Waals surface area contributed by atoms with Gasteiger partial charge in [0.1, 0.15) is 0 Å². The van der Waals surface area contributed by atoms with Gasteiger partial charge in [-0.3, -0.25) is 0 Å². The Morgan fingerprint density at radius 1 is 1.14 bits per heavy atom. The monoisotopic (exact) mass is 187 g/mol. The number of fused-ring (bicyclic) bond motifs is 1. The molecular weight excluding hydrogens is 170 g/mol. The maximum atomic E-state index is 3.69. The van der Waals surface area contributed by atoms with Crippen molar-refractivity contribution >= 4 is 0 Å². The van der Waals surface area contributed by atoms with E-state index in [1.165, 1.54) is 24.8 Å². The summed E-state index contributed by atoms with van der Waals surface area (Å²) in [7, 11) is 0. The van der Waals surface area contributed by atoms with Crippen molar-refractivity contribution in [1.82, 2.24) is 5.32 Å². The van der Waals surface area contributed by atoms with Gasteiger partial charge in [0.15, 0.2) is 0 Å². The molecule has 1 heteroatoms. The molecule has 74 valence electrons. The van der Waals surface area contributed by atoms with Gasteiger partial charge in [0, 0.05) is 12.6 Å². The Morgan fingerprint density at radius 2 is 2.00 bits per heavy atom. The first-order chi connectivity index (χ1) is 6.93. The highest BCUT2D eigenvalue weighted by atomic mass is 14.9. The van der Waals surface area contributed by atoms with Crippen LogP contribution in [-0.2, 0) is 6.54 Å². The van der Waals surface area contributed by atoms with Crippen LogP contribution < -0.4 is 5.32 Å². The molecule has 0 spiro atoms. The molecule has 1 nitrogen and oxygen atoms in total. The molecule has 0 aromatic heterocycles. The molecule has 0 radical (unpaired) electrons. The van der Waals surface area contributed by atoms with E-state index in [2.05, 4.69) is 35.6 Å². The number of nitrogens with one attached hydrogen (secondary N) is 1. The van der Waals surface area contributed by atoms with E-state index in [-0.39, 0.29) is 0 Å². The highest BCUT2D eigenvalue weighted by molar-refractivity contribution is 5.14. The minimum Gasteiger partial charge on any atom is -0.310 e. The molecule has 2 saturated carbocycles. The van der Waals surface area contributed by atoms with Crippen molar-refractivity contribution in [3.8, 4) is 0 Å². The zero-order chi connectivity index (χ0) is 9.38. The average Bonchev–Trinajstić information content (AvgIpc) is 2.92. The highest BCUT2D eigenvalue weighted by Gasteiger charge is 2.47. The van der Waals surface area contributed by atoms with E-state index in [4.69, 9.17) is 0 Å². The third-order valence-corrected chi connectivity index (χ3v) is 3.75. The molecule has 1 aromatic carbocycles. The summed E-state index contributed by atoms with van der Waals surface area (Å²) < 4.78 is 0. The highest BCUT2D eigenvalue weighted by Crippen LogP contribution is 2.51. The lowest BCUT2D eigenvalue weighted by Crippen LogP contribution is -2.28. The fourth-order valence-electron chi connectivity index (χ4n) is 2.80. The fraction of sp³-hybridized carbons (Fsp3) is 0.538. The molecule has 0 unspecified atom stereocenters. The average molecular weight is 187 g/mol. The lowest BCUT2D eigenvalue weighted by Gasteiger charge is -2.13. The van der Waals surface area contributed by atoms with Crippen LogP contribution in [0.5, 0.6) is 0 Å². The molecule has 14 heavy (non-hydrogen) atoms. The van der Waals surface area contributed by atoms with Crippen molar-refractivity contribution in [2.45, 2.75) is 31.8 Å². The van der Waals surface area contributed by atoms with Gasteiger partial charge in [-0.1, -0.05) is 30.3 Å².